The highest BCUT2D eigenvalue weighted by Gasteiger charge is 2.22. The first-order chi connectivity index (χ1) is 7.75. The summed E-state index contributed by atoms with van der Waals surface area (Å²) >= 11 is 1.96. The van der Waals surface area contributed by atoms with Crippen molar-refractivity contribution in [1.29, 1.82) is 0 Å². The van der Waals surface area contributed by atoms with E-state index in [0.717, 1.165) is 24.3 Å². The monoisotopic (exact) mass is 236 g/mol. The minimum atomic E-state index is -0.371. The molecule has 0 aliphatic carbocycles. The summed E-state index contributed by atoms with van der Waals surface area (Å²) in [6.45, 7) is 3.13. The highest BCUT2D eigenvalue weighted by atomic mass is 32.2. The molecule has 3 unspecified atom stereocenters. The Morgan fingerprint density at radius 3 is 2.81 bits per heavy atom. The van der Waals surface area contributed by atoms with Gasteiger partial charge in [0.05, 0.1) is 6.10 Å². The Hall–Kier alpha value is -0.510. The molecular formula is C13H18NOS. The van der Waals surface area contributed by atoms with Gasteiger partial charge in [-0.3, -0.25) is 0 Å². The number of benzene rings is 1. The zero-order valence-electron chi connectivity index (χ0n) is 9.54. The molecule has 1 fully saturated rings. The second kappa shape index (κ2) is 5.71. The zero-order valence-corrected chi connectivity index (χ0v) is 10.4. The average molecular weight is 236 g/mol. The van der Waals surface area contributed by atoms with Gasteiger partial charge in [-0.05, 0) is 12.0 Å². The first-order valence-electron chi connectivity index (χ1n) is 5.77. The molecule has 1 heterocycles. The second-order valence-corrected chi connectivity index (χ2v) is 5.80. The van der Waals surface area contributed by atoms with Crippen molar-refractivity contribution in [3.05, 3.63) is 35.9 Å². The second-order valence-electron chi connectivity index (χ2n) is 4.33. The lowest BCUT2D eigenvalue weighted by Crippen LogP contribution is -2.36. The maximum Gasteiger partial charge on any atom is 0.0805 e. The predicted octanol–water partition coefficient (Wildman–Crippen LogP) is 2.22. The van der Waals surface area contributed by atoms with Gasteiger partial charge in [-0.15, -0.1) is 0 Å². The van der Waals surface area contributed by atoms with Crippen LogP contribution >= 0.6 is 11.8 Å². The van der Waals surface area contributed by atoms with E-state index in [1.807, 2.05) is 42.1 Å². The summed E-state index contributed by atoms with van der Waals surface area (Å²) in [6.07, 6.45) is 0.382. The van der Waals surface area contributed by atoms with E-state index >= 15 is 0 Å². The van der Waals surface area contributed by atoms with Gasteiger partial charge in [0, 0.05) is 23.6 Å². The van der Waals surface area contributed by atoms with Crippen molar-refractivity contribution in [3.63, 3.8) is 0 Å². The summed E-state index contributed by atoms with van der Waals surface area (Å²) in [5, 5.41) is 15.3. The molecule has 2 rings (SSSR count). The smallest absolute Gasteiger partial charge is 0.0805 e. The molecule has 0 aromatic heterocycles. The van der Waals surface area contributed by atoms with Crippen LogP contribution in [0, 0.1) is 0 Å². The molecule has 0 amide bonds. The Bertz CT molecular complexity index is 309. The Labute approximate surface area is 101 Å². The molecule has 16 heavy (non-hydrogen) atoms. The summed E-state index contributed by atoms with van der Waals surface area (Å²) in [6, 6.07) is 10.2. The van der Waals surface area contributed by atoms with Crippen molar-refractivity contribution in [3.8, 4) is 0 Å². The molecule has 3 heteroatoms. The van der Waals surface area contributed by atoms with Crippen molar-refractivity contribution in [1.82, 2.24) is 5.32 Å². The Kier molecular flexibility index (Phi) is 4.27. The summed E-state index contributed by atoms with van der Waals surface area (Å²) in [7, 11) is 0. The van der Waals surface area contributed by atoms with Gasteiger partial charge < -0.3 is 5.11 Å². The number of aliphatic hydroxyl groups excluding tert-OH is 1. The van der Waals surface area contributed by atoms with Crippen molar-refractivity contribution in [2.24, 2.45) is 0 Å². The van der Waals surface area contributed by atoms with Crippen LogP contribution in [0.4, 0.5) is 0 Å². The molecule has 3 atom stereocenters. The van der Waals surface area contributed by atoms with Crippen LogP contribution < -0.4 is 5.32 Å². The van der Waals surface area contributed by atoms with Crippen LogP contribution in [0.25, 0.3) is 0 Å². The molecule has 1 aromatic rings. The van der Waals surface area contributed by atoms with Gasteiger partial charge in [-0.2, -0.15) is 11.8 Å². The van der Waals surface area contributed by atoms with Gasteiger partial charge in [0.15, 0.2) is 0 Å². The summed E-state index contributed by atoms with van der Waals surface area (Å²) in [4.78, 5) is 0. The number of aliphatic hydroxyl groups is 1. The van der Waals surface area contributed by atoms with E-state index in [4.69, 9.17) is 0 Å². The van der Waals surface area contributed by atoms with Crippen LogP contribution in [0.5, 0.6) is 0 Å². The number of thioether (sulfide) groups is 1. The van der Waals surface area contributed by atoms with Gasteiger partial charge in [-0.1, -0.05) is 37.3 Å². The molecule has 1 aliphatic rings. The minimum absolute atomic E-state index is 0.316. The van der Waals surface area contributed by atoms with E-state index < -0.39 is 0 Å². The van der Waals surface area contributed by atoms with Gasteiger partial charge >= 0.3 is 0 Å². The first-order valence-corrected chi connectivity index (χ1v) is 6.82. The lowest BCUT2D eigenvalue weighted by Gasteiger charge is -2.27. The number of nitrogens with zero attached hydrogens (tertiary/aromatic N) is 1. The van der Waals surface area contributed by atoms with Gasteiger partial charge in [0.1, 0.15) is 0 Å². The summed E-state index contributed by atoms with van der Waals surface area (Å²) in [5.74, 6) is 1.05. The van der Waals surface area contributed by atoms with E-state index in [0.29, 0.717) is 11.3 Å². The largest absolute Gasteiger partial charge is 0.388 e. The molecular weight excluding hydrogens is 218 g/mol. The molecule has 1 aliphatic heterocycles. The van der Waals surface area contributed by atoms with Crippen LogP contribution in [0.3, 0.4) is 0 Å². The van der Waals surface area contributed by atoms with E-state index in [2.05, 4.69) is 12.2 Å². The SMILES string of the molecule is CC1C[N]C(CC(O)c2ccccc2)CS1. The van der Waals surface area contributed by atoms with Crippen LogP contribution in [-0.2, 0) is 0 Å². The maximum atomic E-state index is 10.1. The third kappa shape index (κ3) is 3.24. The average Bonchev–Trinajstić information content (AvgIpc) is 2.33. The molecule has 1 N–H and O–H groups in total. The number of rotatable bonds is 3. The van der Waals surface area contributed by atoms with Gasteiger partial charge in [0.2, 0.25) is 0 Å². The highest BCUT2D eigenvalue weighted by Crippen LogP contribution is 2.24. The molecule has 0 bridgehead atoms. The van der Waals surface area contributed by atoms with Gasteiger partial charge in [0.25, 0.3) is 0 Å². The van der Waals surface area contributed by atoms with Crippen molar-refractivity contribution >= 4 is 11.8 Å². The van der Waals surface area contributed by atoms with Crippen LogP contribution in [0.1, 0.15) is 25.0 Å². The molecule has 0 spiro atoms. The molecule has 87 valence electrons. The standard InChI is InChI=1S/C13H18NOS/c1-10-8-14-12(9-16-10)7-13(15)11-5-3-2-4-6-11/h2-6,10,12-13,15H,7-9H2,1H3. The number of hydrogen-bond acceptors (Lipinski definition) is 2. The fourth-order valence-electron chi connectivity index (χ4n) is 1.89. The third-order valence-corrected chi connectivity index (χ3v) is 4.17. The zero-order chi connectivity index (χ0) is 11.4. The number of hydrogen-bond donors (Lipinski definition) is 1. The lowest BCUT2D eigenvalue weighted by molar-refractivity contribution is 0.153. The van der Waals surface area contributed by atoms with E-state index in [1.165, 1.54) is 0 Å². The molecule has 0 saturated carbocycles. The van der Waals surface area contributed by atoms with Crippen molar-refractivity contribution < 1.29 is 5.11 Å². The van der Waals surface area contributed by atoms with Crippen LogP contribution in [-0.4, -0.2) is 28.7 Å². The lowest BCUT2D eigenvalue weighted by atomic mass is 10.0. The topological polar surface area (TPSA) is 34.3 Å². The minimum Gasteiger partial charge on any atom is -0.388 e. The van der Waals surface area contributed by atoms with Crippen LogP contribution in [0.15, 0.2) is 30.3 Å². The molecule has 1 saturated heterocycles. The van der Waals surface area contributed by atoms with Crippen LogP contribution in [0.2, 0.25) is 0 Å². The fraction of sp³-hybridized carbons (Fsp3) is 0.538. The van der Waals surface area contributed by atoms with E-state index in [-0.39, 0.29) is 6.10 Å². The Balaban J connectivity index is 1.86. The quantitative estimate of drug-likeness (QED) is 0.873. The van der Waals surface area contributed by atoms with Gasteiger partial charge in [-0.25, -0.2) is 5.32 Å². The molecule has 1 radical (unpaired) electrons. The fourth-order valence-corrected chi connectivity index (χ4v) is 2.87. The van der Waals surface area contributed by atoms with Crippen molar-refractivity contribution in [2.45, 2.75) is 30.7 Å². The van der Waals surface area contributed by atoms with Crippen molar-refractivity contribution in [2.75, 3.05) is 12.3 Å². The third-order valence-electron chi connectivity index (χ3n) is 2.87. The summed E-state index contributed by atoms with van der Waals surface area (Å²) < 4.78 is 0. The molecule has 1 aromatic carbocycles. The van der Waals surface area contributed by atoms with E-state index in [9.17, 15) is 5.11 Å². The summed E-state index contributed by atoms with van der Waals surface area (Å²) in [5.41, 5.74) is 1.00. The predicted molar refractivity (Wildman–Crippen MR) is 68.7 cm³/mol. The first kappa shape index (κ1) is 12.0. The van der Waals surface area contributed by atoms with E-state index in [1.54, 1.807) is 0 Å². The highest BCUT2D eigenvalue weighted by molar-refractivity contribution is 8.00. The maximum absolute atomic E-state index is 10.1. The normalized spacial score (nSPS) is 27.6. The Morgan fingerprint density at radius 2 is 2.19 bits per heavy atom. The molecule has 2 nitrogen and oxygen atoms in total. The Morgan fingerprint density at radius 1 is 1.44 bits per heavy atom.